The van der Waals surface area contributed by atoms with Crippen molar-refractivity contribution in [2.45, 2.75) is 26.3 Å². The van der Waals surface area contributed by atoms with Crippen LogP contribution in [0.1, 0.15) is 31.9 Å². The van der Waals surface area contributed by atoms with Crippen LogP contribution in [0.5, 0.6) is 17.2 Å². The van der Waals surface area contributed by atoms with Crippen LogP contribution in [0.3, 0.4) is 0 Å². The number of urea groups is 1. The van der Waals surface area contributed by atoms with E-state index in [1.54, 1.807) is 19.1 Å². The number of benzene rings is 1. The summed E-state index contributed by atoms with van der Waals surface area (Å²) >= 11 is 0. The highest BCUT2D eigenvalue weighted by molar-refractivity contribution is 5.95. The molecule has 1 heterocycles. The second kappa shape index (κ2) is 8.46. The van der Waals surface area contributed by atoms with Gasteiger partial charge in [-0.15, -0.1) is 0 Å². The molecule has 0 radical (unpaired) electrons. The predicted octanol–water partition coefficient (Wildman–Crippen LogP) is 2.29. The molecule has 0 aromatic heterocycles. The van der Waals surface area contributed by atoms with Gasteiger partial charge in [-0.3, -0.25) is 0 Å². The van der Waals surface area contributed by atoms with Crippen LogP contribution in [0.25, 0.3) is 0 Å². The van der Waals surface area contributed by atoms with Crippen LogP contribution < -0.4 is 24.8 Å². The second-order valence-electron chi connectivity index (χ2n) is 5.45. The molecule has 0 saturated heterocycles. The molecule has 1 aliphatic heterocycles. The van der Waals surface area contributed by atoms with E-state index >= 15 is 0 Å². The van der Waals surface area contributed by atoms with E-state index in [0.29, 0.717) is 40.5 Å². The smallest absolute Gasteiger partial charge is 0.338 e. The minimum atomic E-state index is -0.743. The molecule has 142 valence electrons. The molecule has 1 unspecified atom stereocenters. The van der Waals surface area contributed by atoms with Crippen molar-refractivity contribution in [1.82, 2.24) is 10.6 Å². The molecule has 2 amide bonds. The topological polar surface area (TPSA) is 95.1 Å². The lowest BCUT2D eigenvalue weighted by Crippen LogP contribution is -2.46. The Morgan fingerprint density at radius 1 is 1.04 bits per heavy atom. The summed E-state index contributed by atoms with van der Waals surface area (Å²) in [7, 11) is 4.53. The Balaban J connectivity index is 2.66. The fraction of sp³-hybridized carbons (Fsp3) is 0.444. The second-order valence-corrected chi connectivity index (χ2v) is 5.45. The van der Waals surface area contributed by atoms with Gasteiger partial charge in [0, 0.05) is 17.3 Å². The number of esters is 1. The van der Waals surface area contributed by atoms with Gasteiger partial charge in [-0.25, -0.2) is 9.59 Å². The van der Waals surface area contributed by atoms with Crippen molar-refractivity contribution in [1.29, 1.82) is 0 Å². The van der Waals surface area contributed by atoms with Crippen LogP contribution in [0.4, 0.5) is 4.79 Å². The molecule has 26 heavy (non-hydrogen) atoms. The number of methoxy groups -OCH3 is 3. The van der Waals surface area contributed by atoms with Gasteiger partial charge in [-0.05, 0) is 19.4 Å². The maximum absolute atomic E-state index is 12.6. The summed E-state index contributed by atoms with van der Waals surface area (Å²) < 4.78 is 21.3. The number of rotatable bonds is 7. The predicted molar refractivity (Wildman–Crippen MR) is 94.5 cm³/mol. The molecule has 1 aliphatic rings. The lowest BCUT2D eigenvalue weighted by atomic mass is 9.93. The van der Waals surface area contributed by atoms with Gasteiger partial charge >= 0.3 is 12.0 Å². The highest BCUT2D eigenvalue weighted by atomic mass is 16.5. The lowest BCUT2D eigenvalue weighted by molar-refractivity contribution is -0.139. The molecular formula is C18H24N2O6. The zero-order valence-electron chi connectivity index (χ0n) is 15.6. The van der Waals surface area contributed by atoms with Gasteiger partial charge in [0.2, 0.25) is 0 Å². The van der Waals surface area contributed by atoms with Crippen molar-refractivity contribution < 1.29 is 28.5 Å². The maximum Gasteiger partial charge on any atom is 0.338 e. The molecule has 8 heteroatoms. The van der Waals surface area contributed by atoms with Crippen LogP contribution in [-0.4, -0.2) is 39.9 Å². The largest absolute Gasteiger partial charge is 0.496 e. The van der Waals surface area contributed by atoms with Gasteiger partial charge in [-0.2, -0.15) is 0 Å². The number of amides is 2. The highest BCUT2D eigenvalue weighted by Crippen LogP contribution is 2.41. The first-order chi connectivity index (χ1) is 12.5. The Morgan fingerprint density at radius 3 is 2.19 bits per heavy atom. The minimum absolute atomic E-state index is 0.225. The Morgan fingerprint density at radius 2 is 1.65 bits per heavy atom. The Labute approximate surface area is 152 Å². The van der Waals surface area contributed by atoms with Crippen molar-refractivity contribution in [3.63, 3.8) is 0 Å². The van der Waals surface area contributed by atoms with Gasteiger partial charge in [0.05, 0.1) is 39.6 Å². The molecule has 1 atom stereocenters. The van der Waals surface area contributed by atoms with Crippen LogP contribution in [-0.2, 0) is 9.53 Å². The molecule has 1 aromatic rings. The molecule has 0 aliphatic carbocycles. The molecule has 0 saturated carbocycles. The minimum Gasteiger partial charge on any atom is -0.496 e. The van der Waals surface area contributed by atoms with Crippen LogP contribution in [0.15, 0.2) is 23.4 Å². The molecule has 0 fully saturated rings. The van der Waals surface area contributed by atoms with Crippen LogP contribution >= 0.6 is 0 Å². The summed E-state index contributed by atoms with van der Waals surface area (Å²) in [5, 5.41) is 5.44. The van der Waals surface area contributed by atoms with E-state index in [2.05, 4.69) is 10.6 Å². The van der Waals surface area contributed by atoms with Crippen molar-refractivity contribution >= 4 is 12.0 Å². The summed E-state index contributed by atoms with van der Waals surface area (Å²) in [6.07, 6.45) is 0.466. The summed E-state index contributed by atoms with van der Waals surface area (Å²) in [5.41, 5.74) is 1.41. The molecular weight excluding hydrogens is 340 g/mol. The molecule has 8 nitrogen and oxygen atoms in total. The third-order valence-corrected chi connectivity index (χ3v) is 4.05. The zero-order valence-corrected chi connectivity index (χ0v) is 15.6. The fourth-order valence-corrected chi connectivity index (χ4v) is 2.86. The van der Waals surface area contributed by atoms with E-state index in [1.165, 1.54) is 21.3 Å². The van der Waals surface area contributed by atoms with Crippen LogP contribution in [0.2, 0.25) is 0 Å². The Hall–Kier alpha value is -2.90. The Kier molecular flexibility index (Phi) is 6.32. The molecule has 2 rings (SSSR count). The quantitative estimate of drug-likeness (QED) is 0.721. The third kappa shape index (κ3) is 3.68. The monoisotopic (exact) mass is 364 g/mol. The first-order valence-electron chi connectivity index (χ1n) is 8.28. The number of carbonyl (C=O) groups is 2. The summed E-state index contributed by atoms with van der Waals surface area (Å²) in [5.74, 6) is 0.883. The molecule has 2 N–H and O–H groups in total. The lowest BCUT2D eigenvalue weighted by Gasteiger charge is -2.30. The van der Waals surface area contributed by atoms with Crippen molar-refractivity contribution in [2.24, 2.45) is 0 Å². The van der Waals surface area contributed by atoms with Gasteiger partial charge in [0.1, 0.15) is 5.75 Å². The molecule has 1 aromatic carbocycles. The van der Waals surface area contributed by atoms with Gasteiger partial charge in [0.25, 0.3) is 0 Å². The summed E-state index contributed by atoms with van der Waals surface area (Å²) in [4.78, 5) is 24.7. The highest BCUT2D eigenvalue weighted by Gasteiger charge is 2.35. The SMILES string of the molecule is CCOC(=O)C1=C(CC)NC(=O)NC1c1cc(OC)c(OC)cc1OC. The normalized spacial score (nSPS) is 16.5. The fourth-order valence-electron chi connectivity index (χ4n) is 2.86. The van der Waals surface area contributed by atoms with E-state index in [0.717, 1.165) is 0 Å². The number of hydrogen-bond donors (Lipinski definition) is 2. The average Bonchev–Trinajstić information content (AvgIpc) is 2.65. The standard InChI is InChI=1S/C18H24N2O6/c1-6-11-15(17(21)26-7-2)16(20-18(22)19-11)10-8-13(24-4)14(25-5)9-12(10)23-3/h8-9,16H,6-7H2,1-5H3,(H2,19,20,22). The first-order valence-corrected chi connectivity index (χ1v) is 8.28. The first kappa shape index (κ1) is 19.4. The van der Waals surface area contributed by atoms with Gasteiger partial charge in [-0.1, -0.05) is 6.92 Å². The molecule has 0 spiro atoms. The average molecular weight is 364 g/mol. The van der Waals surface area contributed by atoms with Gasteiger partial charge < -0.3 is 29.6 Å². The van der Waals surface area contributed by atoms with E-state index in [9.17, 15) is 9.59 Å². The summed E-state index contributed by atoms with van der Waals surface area (Å²) in [6.45, 7) is 3.80. The van der Waals surface area contributed by atoms with E-state index in [4.69, 9.17) is 18.9 Å². The maximum atomic E-state index is 12.6. The van der Waals surface area contributed by atoms with Crippen LogP contribution in [0, 0.1) is 0 Å². The number of carbonyl (C=O) groups excluding carboxylic acids is 2. The molecule has 0 bridgehead atoms. The zero-order chi connectivity index (χ0) is 19.3. The van der Waals surface area contributed by atoms with Crippen molar-refractivity contribution in [3.8, 4) is 17.2 Å². The number of hydrogen-bond acceptors (Lipinski definition) is 6. The number of ether oxygens (including phenoxy) is 4. The van der Waals surface area contributed by atoms with Crippen molar-refractivity contribution in [3.05, 3.63) is 29.0 Å². The van der Waals surface area contributed by atoms with Crippen molar-refractivity contribution in [2.75, 3.05) is 27.9 Å². The summed E-state index contributed by atoms with van der Waals surface area (Å²) in [6, 6.07) is 2.18. The number of nitrogens with one attached hydrogen (secondary N) is 2. The van der Waals surface area contributed by atoms with E-state index < -0.39 is 18.0 Å². The van der Waals surface area contributed by atoms with E-state index in [1.807, 2.05) is 6.92 Å². The number of allylic oxidation sites excluding steroid dienone is 1. The van der Waals surface area contributed by atoms with Gasteiger partial charge in [0.15, 0.2) is 11.5 Å². The third-order valence-electron chi connectivity index (χ3n) is 4.05. The van der Waals surface area contributed by atoms with E-state index in [-0.39, 0.29) is 6.61 Å². The Bertz CT molecular complexity index is 729.